The smallest absolute Gasteiger partial charge is 0.133 e. The average molecular weight is 303 g/mol. The van der Waals surface area contributed by atoms with E-state index in [1.807, 2.05) is 6.92 Å². The number of carbonyl (C=O) groups excluding carboxylic acids is 1. The topological polar surface area (TPSA) is 17.1 Å². The van der Waals surface area contributed by atoms with E-state index in [0.717, 1.165) is 23.7 Å². The predicted molar refractivity (Wildman–Crippen MR) is 90.5 cm³/mol. The first-order valence-electron chi connectivity index (χ1n) is 9.97. The minimum atomic E-state index is 0.338. The molecule has 7 atom stereocenters. The van der Waals surface area contributed by atoms with Crippen LogP contribution in [0.5, 0.6) is 0 Å². The van der Waals surface area contributed by atoms with Crippen molar-refractivity contribution in [3.63, 3.8) is 0 Å². The molecule has 0 radical (unpaired) electrons. The Labute approximate surface area is 136 Å². The standard InChI is InChI=1S/C21H34O/c1-14(22)17-9-10-18-16-8-7-15-6-4-5-12-20(15,2)19(16)11-13-21(17,18)3/h15-19H,4-13H2,1-3H3/t15?,16-,17+,18+,19-,20-,21+/m0/s1. The zero-order valence-corrected chi connectivity index (χ0v) is 14.9. The minimum absolute atomic E-state index is 0.338. The summed E-state index contributed by atoms with van der Waals surface area (Å²) in [6, 6.07) is 0. The van der Waals surface area contributed by atoms with Gasteiger partial charge in [-0.15, -0.1) is 0 Å². The van der Waals surface area contributed by atoms with Gasteiger partial charge < -0.3 is 0 Å². The lowest BCUT2D eigenvalue weighted by Gasteiger charge is -2.60. The quantitative estimate of drug-likeness (QED) is 0.614. The Morgan fingerprint density at radius 1 is 0.818 bits per heavy atom. The van der Waals surface area contributed by atoms with Gasteiger partial charge in [-0.3, -0.25) is 4.79 Å². The molecular weight excluding hydrogens is 268 g/mol. The van der Waals surface area contributed by atoms with Gasteiger partial charge in [-0.2, -0.15) is 0 Å². The summed E-state index contributed by atoms with van der Waals surface area (Å²) < 4.78 is 0. The summed E-state index contributed by atoms with van der Waals surface area (Å²) >= 11 is 0. The van der Waals surface area contributed by atoms with E-state index < -0.39 is 0 Å². The summed E-state index contributed by atoms with van der Waals surface area (Å²) in [5, 5.41) is 0. The first-order chi connectivity index (χ1) is 10.5. The van der Waals surface area contributed by atoms with Crippen molar-refractivity contribution in [2.75, 3.05) is 0 Å². The first-order valence-corrected chi connectivity index (χ1v) is 9.97. The zero-order chi connectivity index (χ0) is 15.5. The molecule has 0 aromatic heterocycles. The van der Waals surface area contributed by atoms with E-state index in [1.54, 1.807) is 0 Å². The highest BCUT2D eigenvalue weighted by Crippen LogP contribution is 2.67. The molecule has 0 N–H and O–H groups in total. The summed E-state index contributed by atoms with van der Waals surface area (Å²) in [5.41, 5.74) is 0.974. The lowest BCUT2D eigenvalue weighted by molar-refractivity contribution is -0.133. The van der Waals surface area contributed by atoms with Crippen molar-refractivity contribution < 1.29 is 4.79 Å². The van der Waals surface area contributed by atoms with Gasteiger partial charge in [-0.25, -0.2) is 0 Å². The second-order valence-corrected chi connectivity index (χ2v) is 9.69. The van der Waals surface area contributed by atoms with Crippen molar-refractivity contribution in [2.24, 2.45) is 40.4 Å². The monoisotopic (exact) mass is 302 g/mol. The summed E-state index contributed by atoms with van der Waals surface area (Å²) in [4.78, 5) is 12.2. The molecule has 1 unspecified atom stereocenters. The third-order valence-electron chi connectivity index (χ3n) is 9.07. The third-order valence-corrected chi connectivity index (χ3v) is 9.07. The van der Waals surface area contributed by atoms with Crippen LogP contribution in [-0.2, 0) is 4.79 Å². The van der Waals surface area contributed by atoms with E-state index in [-0.39, 0.29) is 0 Å². The lowest BCUT2D eigenvalue weighted by Crippen LogP contribution is -2.53. The number of Topliss-reactive ketones (excluding diaryl/α,β-unsaturated/α-hetero) is 1. The Kier molecular flexibility index (Phi) is 3.51. The van der Waals surface area contributed by atoms with Crippen LogP contribution in [0.25, 0.3) is 0 Å². The molecule has 0 bridgehead atoms. The van der Waals surface area contributed by atoms with Gasteiger partial charge in [-0.1, -0.05) is 26.7 Å². The molecule has 0 aromatic carbocycles. The molecule has 1 nitrogen and oxygen atoms in total. The van der Waals surface area contributed by atoms with Crippen LogP contribution in [0.3, 0.4) is 0 Å². The first kappa shape index (κ1) is 15.2. The molecular formula is C21H34O. The van der Waals surface area contributed by atoms with E-state index >= 15 is 0 Å². The van der Waals surface area contributed by atoms with Crippen molar-refractivity contribution in [2.45, 2.75) is 85.0 Å². The van der Waals surface area contributed by atoms with Crippen molar-refractivity contribution in [1.29, 1.82) is 0 Å². The molecule has 4 aliphatic rings. The normalized spacial score (nSPS) is 54.2. The molecule has 4 fully saturated rings. The van der Waals surface area contributed by atoms with Crippen LogP contribution in [-0.4, -0.2) is 5.78 Å². The number of ketones is 1. The number of rotatable bonds is 1. The number of carbonyl (C=O) groups is 1. The summed E-state index contributed by atoms with van der Waals surface area (Å²) in [6.07, 6.45) is 14.1. The number of hydrogen-bond acceptors (Lipinski definition) is 1. The molecule has 124 valence electrons. The molecule has 0 amide bonds. The fourth-order valence-electron chi connectivity index (χ4n) is 7.96. The fourth-order valence-corrected chi connectivity index (χ4v) is 7.96. The molecule has 4 saturated carbocycles. The molecule has 0 aromatic rings. The number of fused-ring (bicyclic) bond motifs is 5. The Balaban J connectivity index is 1.63. The van der Waals surface area contributed by atoms with Gasteiger partial charge in [0, 0.05) is 5.92 Å². The van der Waals surface area contributed by atoms with E-state index in [9.17, 15) is 4.79 Å². The molecule has 4 rings (SSSR count). The maximum absolute atomic E-state index is 12.2. The number of hydrogen-bond donors (Lipinski definition) is 0. The molecule has 22 heavy (non-hydrogen) atoms. The zero-order valence-electron chi connectivity index (χ0n) is 14.9. The maximum atomic E-state index is 12.2. The lowest BCUT2D eigenvalue weighted by atomic mass is 9.45. The summed E-state index contributed by atoms with van der Waals surface area (Å²) in [5.74, 6) is 4.60. The van der Waals surface area contributed by atoms with E-state index in [0.29, 0.717) is 22.5 Å². The molecule has 1 heteroatoms. The van der Waals surface area contributed by atoms with Crippen molar-refractivity contribution >= 4 is 5.78 Å². The van der Waals surface area contributed by atoms with Crippen LogP contribution >= 0.6 is 0 Å². The van der Waals surface area contributed by atoms with Gasteiger partial charge in [0.1, 0.15) is 5.78 Å². The van der Waals surface area contributed by atoms with Gasteiger partial charge in [0.2, 0.25) is 0 Å². The van der Waals surface area contributed by atoms with Gasteiger partial charge in [0.05, 0.1) is 0 Å². The summed E-state index contributed by atoms with van der Waals surface area (Å²) in [7, 11) is 0. The SMILES string of the molecule is CC(=O)[C@H]1CC[C@@H]2[C@@H]3CCC4CCCC[C@]4(C)[C@H]3CC[C@]12C. The van der Waals surface area contributed by atoms with E-state index in [1.165, 1.54) is 64.2 Å². The van der Waals surface area contributed by atoms with Crippen molar-refractivity contribution in [1.82, 2.24) is 0 Å². The highest BCUT2D eigenvalue weighted by Gasteiger charge is 2.60. The highest BCUT2D eigenvalue weighted by molar-refractivity contribution is 5.79. The Hall–Kier alpha value is -0.330. The predicted octanol–water partition coefficient (Wildman–Crippen LogP) is 5.62. The van der Waals surface area contributed by atoms with Crippen LogP contribution in [0.2, 0.25) is 0 Å². The van der Waals surface area contributed by atoms with Gasteiger partial charge in [-0.05, 0) is 92.8 Å². The van der Waals surface area contributed by atoms with Crippen LogP contribution in [0, 0.1) is 40.4 Å². The van der Waals surface area contributed by atoms with Crippen molar-refractivity contribution in [3.05, 3.63) is 0 Å². The fraction of sp³-hybridized carbons (Fsp3) is 0.952. The Bertz CT molecular complexity index is 469. The highest BCUT2D eigenvalue weighted by atomic mass is 16.1. The third kappa shape index (κ3) is 1.93. The molecule has 0 heterocycles. The Morgan fingerprint density at radius 3 is 2.36 bits per heavy atom. The largest absolute Gasteiger partial charge is 0.300 e. The molecule has 4 aliphatic carbocycles. The summed E-state index contributed by atoms with van der Waals surface area (Å²) in [6.45, 7) is 6.97. The second kappa shape index (κ2) is 5.08. The van der Waals surface area contributed by atoms with Gasteiger partial charge >= 0.3 is 0 Å². The second-order valence-electron chi connectivity index (χ2n) is 9.69. The van der Waals surface area contributed by atoms with Gasteiger partial charge in [0.25, 0.3) is 0 Å². The maximum Gasteiger partial charge on any atom is 0.133 e. The molecule has 0 spiro atoms. The van der Waals surface area contributed by atoms with Crippen LogP contribution < -0.4 is 0 Å². The van der Waals surface area contributed by atoms with Crippen molar-refractivity contribution in [3.8, 4) is 0 Å². The average Bonchev–Trinajstić information content (AvgIpc) is 2.84. The van der Waals surface area contributed by atoms with Crippen LogP contribution in [0.4, 0.5) is 0 Å². The van der Waals surface area contributed by atoms with Gasteiger partial charge in [0.15, 0.2) is 0 Å². The Morgan fingerprint density at radius 2 is 1.59 bits per heavy atom. The van der Waals surface area contributed by atoms with E-state index in [4.69, 9.17) is 0 Å². The molecule has 0 aliphatic heterocycles. The van der Waals surface area contributed by atoms with E-state index in [2.05, 4.69) is 13.8 Å². The van der Waals surface area contributed by atoms with Crippen LogP contribution in [0.15, 0.2) is 0 Å². The minimum Gasteiger partial charge on any atom is -0.300 e. The van der Waals surface area contributed by atoms with Crippen LogP contribution in [0.1, 0.15) is 85.0 Å². The molecule has 0 saturated heterocycles.